The van der Waals surface area contributed by atoms with Crippen molar-refractivity contribution in [2.24, 2.45) is 0 Å². The van der Waals surface area contributed by atoms with E-state index in [-0.39, 0.29) is 16.8 Å². The van der Waals surface area contributed by atoms with Gasteiger partial charge in [-0.2, -0.15) is 5.26 Å². The van der Waals surface area contributed by atoms with Crippen LogP contribution >= 0.6 is 0 Å². The maximum absolute atomic E-state index is 11.5. The summed E-state index contributed by atoms with van der Waals surface area (Å²) in [6.07, 6.45) is 0.404. The van der Waals surface area contributed by atoms with Crippen LogP contribution in [-0.4, -0.2) is 18.0 Å². The lowest BCUT2D eigenvalue weighted by molar-refractivity contribution is -0.384. The molecule has 0 aliphatic carbocycles. The van der Waals surface area contributed by atoms with Gasteiger partial charge in [0, 0.05) is 12.1 Å². The Morgan fingerprint density at radius 2 is 2.24 bits per heavy atom. The van der Waals surface area contributed by atoms with Gasteiger partial charge in [-0.25, -0.2) is 4.79 Å². The number of nitrogens with zero attached hydrogens (tertiary/aromatic N) is 2. The summed E-state index contributed by atoms with van der Waals surface area (Å²) in [4.78, 5) is 21.6. The molecule has 0 fully saturated rings. The molecule has 0 heterocycles. The van der Waals surface area contributed by atoms with E-state index < -0.39 is 10.9 Å². The number of methoxy groups -OCH3 is 1. The highest BCUT2D eigenvalue weighted by Crippen LogP contribution is 2.23. The number of carbonyl (C=O) groups is 1. The van der Waals surface area contributed by atoms with Crippen LogP contribution in [0.4, 0.5) is 5.69 Å². The van der Waals surface area contributed by atoms with Crippen LogP contribution in [0.1, 0.15) is 28.4 Å². The van der Waals surface area contributed by atoms with E-state index in [4.69, 9.17) is 5.26 Å². The van der Waals surface area contributed by atoms with E-state index in [9.17, 15) is 14.9 Å². The van der Waals surface area contributed by atoms with E-state index in [0.29, 0.717) is 12.0 Å². The highest BCUT2D eigenvalue weighted by molar-refractivity contribution is 5.94. The van der Waals surface area contributed by atoms with E-state index in [1.165, 1.54) is 13.2 Å². The lowest BCUT2D eigenvalue weighted by atomic mass is 9.99. The largest absolute Gasteiger partial charge is 0.465 e. The van der Waals surface area contributed by atoms with Gasteiger partial charge in [0.05, 0.1) is 23.2 Å². The molecule has 0 spiro atoms. The van der Waals surface area contributed by atoms with Crippen molar-refractivity contribution in [2.45, 2.75) is 13.3 Å². The number of hydrogen-bond donors (Lipinski definition) is 0. The Morgan fingerprint density at radius 3 is 2.65 bits per heavy atom. The minimum Gasteiger partial charge on any atom is -0.465 e. The van der Waals surface area contributed by atoms with E-state index in [0.717, 1.165) is 6.07 Å². The van der Waals surface area contributed by atoms with Gasteiger partial charge in [0.25, 0.3) is 5.69 Å². The molecule has 17 heavy (non-hydrogen) atoms. The third-order valence-electron chi connectivity index (χ3n) is 2.31. The number of benzene rings is 1. The van der Waals surface area contributed by atoms with Crippen LogP contribution in [0.5, 0.6) is 0 Å². The molecule has 6 heteroatoms. The van der Waals surface area contributed by atoms with Crippen molar-refractivity contribution in [1.82, 2.24) is 0 Å². The molecule has 1 aromatic carbocycles. The molecule has 0 atom stereocenters. The monoisotopic (exact) mass is 234 g/mol. The number of nitro benzene ring substituents is 1. The van der Waals surface area contributed by atoms with Crippen LogP contribution in [0.2, 0.25) is 0 Å². The fraction of sp³-hybridized carbons (Fsp3) is 0.273. The number of nitro groups is 1. The third kappa shape index (κ3) is 2.39. The summed E-state index contributed by atoms with van der Waals surface area (Å²) in [7, 11) is 1.20. The molecular formula is C11H10N2O4. The summed E-state index contributed by atoms with van der Waals surface area (Å²) >= 11 is 0. The molecule has 0 saturated heterocycles. The summed E-state index contributed by atoms with van der Waals surface area (Å²) in [5.74, 6) is -0.659. The quantitative estimate of drug-likeness (QED) is 0.451. The van der Waals surface area contributed by atoms with Crippen molar-refractivity contribution in [1.29, 1.82) is 5.26 Å². The lowest BCUT2D eigenvalue weighted by Crippen LogP contribution is -2.09. The van der Waals surface area contributed by atoms with Gasteiger partial charge in [0.1, 0.15) is 6.07 Å². The van der Waals surface area contributed by atoms with Gasteiger partial charge >= 0.3 is 5.97 Å². The number of hydrogen-bond acceptors (Lipinski definition) is 5. The van der Waals surface area contributed by atoms with E-state index >= 15 is 0 Å². The van der Waals surface area contributed by atoms with Crippen LogP contribution in [0.25, 0.3) is 0 Å². The van der Waals surface area contributed by atoms with E-state index in [1.807, 2.05) is 0 Å². The second-order valence-corrected chi connectivity index (χ2v) is 3.24. The molecule has 88 valence electrons. The van der Waals surface area contributed by atoms with E-state index in [1.54, 1.807) is 13.0 Å². The average molecular weight is 234 g/mol. The Morgan fingerprint density at radius 1 is 1.59 bits per heavy atom. The van der Waals surface area contributed by atoms with Crippen LogP contribution in [-0.2, 0) is 11.2 Å². The van der Waals surface area contributed by atoms with Crippen molar-refractivity contribution in [3.8, 4) is 6.07 Å². The number of carbonyl (C=O) groups excluding carboxylic acids is 1. The molecule has 0 amide bonds. The lowest BCUT2D eigenvalue weighted by Gasteiger charge is -2.07. The van der Waals surface area contributed by atoms with Crippen LogP contribution in [0.15, 0.2) is 12.1 Å². The number of esters is 1. The maximum Gasteiger partial charge on any atom is 0.339 e. The van der Waals surface area contributed by atoms with Crippen molar-refractivity contribution in [2.75, 3.05) is 7.11 Å². The van der Waals surface area contributed by atoms with Gasteiger partial charge < -0.3 is 4.74 Å². The zero-order valence-electron chi connectivity index (χ0n) is 9.39. The standard InChI is InChI=1S/C11H10N2O4/c1-3-7-4-9(13(15)16)5-8(6-12)10(7)11(14)17-2/h4-5H,3H2,1-2H3. The van der Waals surface area contributed by atoms with Crippen molar-refractivity contribution in [3.05, 3.63) is 38.9 Å². The molecule has 0 aliphatic rings. The predicted octanol–water partition coefficient (Wildman–Crippen LogP) is 1.82. The molecule has 6 nitrogen and oxygen atoms in total. The molecule has 0 aromatic heterocycles. The summed E-state index contributed by atoms with van der Waals surface area (Å²) < 4.78 is 4.56. The van der Waals surface area contributed by atoms with E-state index in [2.05, 4.69) is 4.74 Å². The Kier molecular flexibility index (Phi) is 3.78. The maximum atomic E-state index is 11.5. The molecule has 0 bridgehead atoms. The summed E-state index contributed by atoms with van der Waals surface area (Å²) in [6, 6.07) is 4.14. The summed E-state index contributed by atoms with van der Waals surface area (Å²) in [6.45, 7) is 1.74. The normalized spacial score (nSPS) is 9.47. The zero-order valence-corrected chi connectivity index (χ0v) is 9.39. The number of ether oxygens (including phenoxy) is 1. The summed E-state index contributed by atoms with van der Waals surface area (Å²) in [5, 5.41) is 19.6. The fourth-order valence-electron chi connectivity index (χ4n) is 1.50. The average Bonchev–Trinajstić information content (AvgIpc) is 2.35. The van der Waals surface area contributed by atoms with Gasteiger partial charge in [-0.05, 0) is 12.0 Å². The smallest absolute Gasteiger partial charge is 0.339 e. The molecule has 0 N–H and O–H groups in total. The third-order valence-corrected chi connectivity index (χ3v) is 2.31. The molecule has 0 aliphatic heterocycles. The Hall–Kier alpha value is -2.42. The SMILES string of the molecule is CCc1cc([N+](=O)[O-])cc(C#N)c1C(=O)OC. The Labute approximate surface area is 97.6 Å². The molecule has 1 rings (SSSR count). The highest BCUT2D eigenvalue weighted by Gasteiger charge is 2.21. The first-order valence-electron chi connectivity index (χ1n) is 4.84. The second-order valence-electron chi connectivity index (χ2n) is 3.24. The first kappa shape index (κ1) is 12.6. The molecular weight excluding hydrogens is 224 g/mol. The second kappa shape index (κ2) is 5.07. The van der Waals surface area contributed by atoms with Crippen molar-refractivity contribution >= 4 is 11.7 Å². The van der Waals surface area contributed by atoms with Gasteiger partial charge in [-0.3, -0.25) is 10.1 Å². The fourth-order valence-corrected chi connectivity index (χ4v) is 1.50. The molecule has 0 radical (unpaired) electrons. The van der Waals surface area contributed by atoms with Crippen molar-refractivity contribution < 1.29 is 14.5 Å². The minimum absolute atomic E-state index is 0.0390. The van der Waals surface area contributed by atoms with Gasteiger partial charge in [0.2, 0.25) is 0 Å². The number of non-ortho nitro benzene ring substituents is 1. The first-order chi connectivity index (χ1) is 8.04. The number of nitriles is 1. The van der Waals surface area contributed by atoms with Gasteiger partial charge in [-0.15, -0.1) is 0 Å². The molecule has 0 saturated carbocycles. The number of rotatable bonds is 3. The molecule has 0 unspecified atom stereocenters. The first-order valence-corrected chi connectivity index (χ1v) is 4.84. The van der Waals surface area contributed by atoms with Crippen LogP contribution in [0, 0.1) is 21.4 Å². The number of aryl methyl sites for hydroxylation is 1. The van der Waals surface area contributed by atoms with Crippen molar-refractivity contribution in [3.63, 3.8) is 0 Å². The van der Waals surface area contributed by atoms with Crippen LogP contribution < -0.4 is 0 Å². The minimum atomic E-state index is -0.659. The van der Waals surface area contributed by atoms with Gasteiger partial charge in [-0.1, -0.05) is 6.92 Å². The summed E-state index contributed by atoms with van der Waals surface area (Å²) in [5.41, 5.74) is 0.291. The van der Waals surface area contributed by atoms with Gasteiger partial charge in [0.15, 0.2) is 0 Å². The Bertz CT molecular complexity index is 517. The topological polar surface area (TPSA) is 93.2 Å². The predicted molar refractivity (Wildman–Crippen MR) is 58.5 cm³/mol. The molecule has 1 aromatic rings. The van der Waals surface area contributed by atoms with Crippen LogP contribution in [0.3, 0.4) is 0 Å². The Balaban J connectivity index is 3.54. The zero-order chi connectivity index (χ0) is 13.0. The highest BCUT2D eigenvalue weighted by atomic mass is 16.6.